The maximum absolute atomic E-state index is 13.1. The molecule has 31 heavy (non-hydrogen) atoms. The lowest BCUT2D eigenvalue weighted by Gasteiger charge is -2.33. The van der Waals surface area contributed by atoms with E-state index < -0.39 is 27.9 Å². The normalized spacial score (nSPS) is 19.5. The number of halogens is 3. The van der Waals surface area contributed by atoms with Crippen molar-refractivity contribution < 1.29 is 18.1 Å². The molecule has 0 N–H and O–H groups in total. The van der Waals surface area contributed by atoms with Gasteiger partial charge in [-0.05, 0) is 25.3 Å². The van der Waals surface area contributed by atoms with Crippen LogP contribution in [0, 0.1) is 10.1 Å². The molecular formula is C20H23F3N4O3S. The highest BCUT2D eigenvalue weighted by Gasteiger charge is 2.34. The van der Waals surface area contributed by atoms with Crippen LogP contribution in [0.3, 0.4) is 0 Å². The average molecular weight is 456 g/mol. The number of hydrogen-bond acceptors (Lipinski definition) is 7. The molecule has 1 aliphatic heterocycles. The summed E-state index contributed by atoms with van der Waals surface area (Å²) in [6.07, 6.45) is 2.21. The highest BCUT2D eigenvalue weighted by atomic mass is 32.1. The predicted octanol–water partition coefficient (Wildman–Crippen LogP) is 4.43. The van der Waals surface area contributed by atoms with Crippen molar-refractivity contribution in [3.05, 3.63) is 38.2 Å². The van der Waals surface area contributed by atoms with Gasteiger partial charge in [0, 0.05) is 38.3 Å². The van der Waals surface area contributed by atoms with E-state index in [-0.39, 0.29) is 10.1 Å². The summed E-state index contributed by atoms with van der Waals surface area (Å²) in [4.78, 5) is 31.6. The third kappa shape index (κ3) is 4.67. The van der Waals surface area contributed by atoms with Crippen molar-refractivity contribution in [2.24, 2.45) is 0 Å². The van der Waals surface area contributed by atoms with Gasteiger partial charge in [0.1, 0.15) is 4.70 Å². The number of fused-ring (bicyclic) bond motifs is 1. The molecule has 7 nitrogen and oxygen atoms in total. The predicted molar refractivity (Wildman–Crippen MR) is 113 cm³/mol. The summed E-state index contributed by atoms with van der Waals surface area (Å²) in [6.45, 7) is 3.02. The van der Waals surface area contributed by atoms with Crippen LogP contribution >= 0.6 is 11.3 Å². The molecule has 1 aromatic carbocycles. The van der Waals surface area contributed by atoms with Gasteiger partial charge in [-0.2, -0.15) is 18.2 Å². The molecule has 2 aromatic rings. The number of non-ortho nitro benzene ring substituents is 1. The van der Waals surface area contributed by atoms with Crippen LogP contribution in [0.2, 0.25) is 0 Å². The molecule has 1 saturated carbocycles. The van der Waals surface area contributed by atoms with E-state index in [1.807, 2.05) is 4.90 Å². The zero-order valence-corrected chi connectivity index (χ0v) is 17.7. The summed E-state index contributed by atoms with van der Waals surface area (Å²) < 4.78 is 39.4. The molecule has 0 bridgehead atoms. The van der Waals surface area contributed by atoms with E-state index in [1.54, 1.807) is 0 Å². The lowest BCUT2D eigenvalue weighted by atomic mass is 9.94. The van der Waals surface area contributed by atoms with E-state index in [0.29, 0.717) is 36.4 Å². The summed E-state index contributed by atoms with van der Waals surface area (Å²) in [5, 5.41) is 11.4. The lowest BCUT2D eigenvalue weighted by Crippen LogP contribution is -2.39. The van der Waals surface area contributed by atoms with Crippen LogP contribution in [0.1, 0.15) is 44.1 Å². The largest absolute Gasteiger partial charge is 0.416 e. The Morgan fingerprint density at radius 1 is 1.06 bits per heavy atom. The van der Waals surface area contributed by atoms with Gasteiger partial charge >= 0.3 is 6.18 Å². The lowest BCUT2D eigenvalue weighted by molar-refractivity contribution is -0.383. The van der Waals surface area contributed by atoms with Crippen molar-refractivity contribution in [3.8, 4) is 0 Å². The van der Waals surface area contributed by atoms with E-state index in [9.17, 15) is 28.1 Å². The maximum atomic E-state index is 13.1. The van der Waals surface area contributed by atoms with Gasteiger partial charge in [-0.3, -0.25) is 19.8 Å². The second kappa shape index (κ2) is 8.70. The fourth-order valence-corrected chi connectivity index (χ4v) is 5.63. The van der Waals surface area contributed by atoms with Crippen LogP contribution in [0.4, 0.5) is 24.0 Å². The first-order valence-corrected chi connectivity index (χ1v) is 11.2. The van der Waals surface area contributed by atoms with Crippen molar-refractivity contribution in [1.82, 2.24) is 9.88 Å². The molecule has 0 unspecified atom stereocenters. The van der Waals surface area contributed by atoms with Gasteiger partial charge in [0.2, 0.25) is 0 Å². The van der Waals surface area contributed by atoms with Gasteiger partial charge in [0.15, 0.2) is 5.13 Å². The zero-order valence-electron chi connectivity index (χ0n) is 16.9. The number of rotatable bonds is 3. The van der Waals surface area contributed by atoms with Gasteiger partial charge < -0.3 is 4.90 Å². The summed E-state index contributed by atoms with van der Waals surface area (Å²) in [6, 6.07) is 1.72. The molecule has 0 atom stereocenters. The van der Waals surface area contributed by atoms with Crippen LogP contribution in [0.25, 0.3) is 10.1 Å². The molecule has 1 aliphatic carbocycles. The Bertz CT molecular complexity index is 1040. The van der Waals surface area contributed by atoms with Gasteiger partial charge in [-0.1, -0.05) is 30.6 Å². The van der Waals surface area contributed by atoms with Crippen molar-refractivity contribution in [1.29, 1.82) is 0 Å². The number of anilines is 1. The molecule has 2 fully saturated rings. The van der Waals surface area contributed by atoms with Crippen LogP contribution in [-0.4, -0.2) is 47.0 Å². The number of nitrogens with zero attached hydrogens (tertiary/aromatic N) is 4. The number of nitro benzene ring substituents is 1. The van der Waals surface area contributed by atoms with E-state index in [4.69, 9.17) is 0 Å². The van der Waals surface area contributed by atoms with Gasteiger partial charge in [-0.25, -0.2) is 0 Å². The molecule has 1 saturated heterocycles. The summed E-state index contributed by atoms with van der Waals surface area (Å²) in [7, 11) is 0. The molecule has 2 aliphatic rings. The van der Waals surface area contributed by atoms with Gasteiger partial charge in [0.05, 0.1) is 15.9 Å². The van der Waals surface area contributed by atoms with E-state index in [2.05, 4.69) is 9.88 Å². The Morgan fingerprint density at radius 3 is 2.48 bits per heavy atom. The first-order valence-electron chi connectivity index (χ1n) is 10.4. The van der Waals surface area contributed by atoms with Crippen molar-refractivity contribution in [2.45, 2.75) is 50.7 Å². The molecule has 2 heterocycles. The monoisotopic (exact) mass is 456 g/mol. The Morgan fingerprint density at radius 2 is 1.81 bits per heavy atom. The fourth-order valence-electron chi connectivity index (χ4n) is 4.52. The number of aromatic nitrogens is 1. The SMILES string of the molecule is O=c1nc(N2CCCN(C3CCCCC3)CC2)sc2c([N+](=O)[O-])cc(C(F)(F)F)cc12. The van der Waals surface area contributed by atoms with E-state index >= 15 is 0 Å². The Hall–Kier alpha value is -2.27. The molecule has 1 aromatic heterocycles. The van der Waals surface area contributed by atoms with E-state index in [0.717, 1.165) is 30.8 Å². The standard InChI is InChI=1S/C20H23F3N4O3S/c21-20(22,23)13-11-15-17(16(12-13)27(29)30)31-19(24-18(15)28)26-8-4-7-25(9-10-26)14-5-2-1-3-6-14/h11-12,14H,1-10H2. The average Bonchev–Trinajstić information content (AvgIpc) is 2.99. The van der Waals surface area contributed by atoms with Crippen molar-refractivity contribution in [2.75, 3.05) is 31.1 Å². The fraction of sp³-hybridized carbons (Fsp3) is 0.600. The smallest absolute Gasteiger partial charge is 0.347 e. The van der Waals surface area contributed by atoms with E-state index in [1.165, 1.54) is 32.1 Å². The van der Waals surface area contributed by atoms with Gasteiger partial charge in [0.25, 0.3) is 11.2 Å². The topological polar surface area (TPSA) is 79.6 Å². The minimum absolute atomic E-state index is 0.0682. The Balaban J connectivity index is 1.66. The highest BCUT2D eigenvalue weighted by Crippen LogP contribution is 2.38. The molecule has 0 amide bonds. The van der Waals surface area contributed by atoms with Gasteiger partial charge in [-0.15, -0.1) is 0 Å². The number of nitro groups is 1. The number of alkyl halides is 3. The number of hydrogen-bond donors (Lipinski definition) is 0. The highest BCUT2D eigenvalue weighted by molar-refractivity contribution is 7.22. The van der Waals surface area contributed by atoms with Crippen molar-refractivity contribution >= 4 is 32.2 Å². The second-order valence-corrected chi connectivity index (χ2v) is 9.07. The zero-order chi connectivity index (χ0) is 22.2. The first kappa shape index (κ1) is 21.9. The summed E-state index contributed by atoms with van der Waals surface area (Å²) in [5.41, 5.74) is -2.80. The quantitative estimate of drug-likeness (QED) is 0.502. The van der Waals surface area contributed by atoms with Crippen LogP contribution in [0.5, 0.6) is 0 Å². The Kier molecular flexibility index (Phi) is 6.16. The minimum Gasteiger partial charge on any atom is -0.347 e. The molecule has 0 radical (unpaired) electrons. The third-order valence-electron chi connectivity index (χ3n) is 6.11. The molecular weight excluding hydrogens is 433 g/mol. The third-order valence-corrected chi connectivity index (χ3v) is 7.27. The molecule has 4 rings (SSSR count). The summed E-state index contributed by atoms with van der Waals surface area (Å²) >= 11 is 0.915. The number of benzene rings is 1. The van der Waals surface area contributed by atoms with Crippen LogP contribution in [-0.2, 0) is 6.18 Å². The van der Waals surface area contributed by atoms with Crippen LogP contribution in [0.15, 0.2) is 16.9 Å². The molecule has 168 valence electrons. The Labute approximate surface area is 180 Å². The summed E-state index contributed by atoms with van der Waals surface area (Å²) in [5.74, 6) is 0. The van der Waals surface area contributed by atoms with Crippen molar-refractivity contribution in [3.63, 3.8) is 0 Å². The molecule has 0 spiro atoms. The molecule has 11 heteroatoms. The minimum atomic E-state index is -4.79. The van der Waals surface area contributed by atoms with Crippen LogP contribution < -0.4 is 10.5 Å². The second-order valence-electron chi connectivity index (χ2n) is 8.10. The maximum Gasteiger partial charge on any atom is 0.416 e. The first-order chi connectivity index (χ1) is 14.7.